The van der Waals surface area contributed by atoms with Crippen molar-refractivity contribution in [3.05, 3.63) is 57.4 Å². The first-order valence-electron chi connectivity index (χ1n) is 8.32. The van der Waals surface area contributed by atoms with Crippen LogP contribution < -0.4 is 15.8 Å². The number of hydrogen-bond acceptors (Lipinski definition) is 5. The normalized spacial score (nSPS) is 12.1. The number of carbonyl (C=O) groups is 2. The van der Waals surface area contributed by atoms with Crippen molar-refractivity contribution in [3.63, 3.8) is 0 Å². The first kappa shape index (κ1) is 23.1. The molecule has 1 aromatic carbocycles. The van der Waals surface area contributed by atoms with Gasteiger partial charge in [-0.1, -0.05) is 0 Å². The molecule has 32 heavy (non-hydrogen) atoms. The van der Waals surface area contributed by atoms with Gasteiger partial charge in [0.15, 0.2) is 5.58 Å². The van der Waals surface area contributed by atoms with Crippen molar-refractivity contribution in [1.29, 1.82) is 0 Å². The van der Waals surface area contributed by atoms with Crippen LogP contribution >= 0.6 is 11.3 Å². The molecule has 0 radical (unpaired) electrons. The van der Waals surface area contributed by atoms with Crippen LogP contribution in [0.25, 0.3) is 10.3 Å². The standard InChI is InChI=1S/C18H10F6N2O5S/c1-26(9-3-7(17(19,20)21)2-8(4-9)18(22,23)24)16(30)25-13-6-11-12(32-13)5-10(14(27)28)15(29)31-11/h2-6H,1H3,(H,25,30)(H,27,28). The summed E-state index contributed by atoms with van der Waals surface area (Å²) in [6, 6.07) is 1.78. The van der Waals surface area contributed by atoms with Gasteiger partial charge in [-0.2, -0.15) is 26.3 Å². The molecule has 0 spiro atoms. The van der Waals surface area contributed by atoms with Gasteiger partial charge in [0.1, 0.15) is 10.6 Å². The molecule has 0 unspecified atom stereocenters. The second-order valence-electron chi connectivity index (χ2n) is 6.35. The molecule has 0 saturated heterocycles. The number of fused-ring (bicyclic) bond motifs is 1. The van der Waals surface area contributed by atoms with Crippen molar-refractivity contribution in [2.45, 2.75) is 12.4 Å². The maximum absolute atomic E-state index is 13.0. The van der Waals surface area contributed by atoms with Crippen LogP contribution in [0.3, 0.4) is 0 Å². The van der Waals surface area contributed by atoms with E-state index < -0.39 is 52.4 Å². The number of anilines is 2. The molecular formula is C18H10F6N2O5S. The van der Waals surface area contributed by atoms with Crippen LogP contribution in [0.2, 0.25) is 0 Å². The minimum absolute atomic E-state index is 0.00515. The van der Waals surface area contributed by atoms with Gasteiger partial charge in [-0.3, -0.25) is 10.2 Å². The van der Waals surface area contributed by atoms with E-state index in [1.165, 1.54) is 0 Å². The third kappa shape index (κ3) is 4.69. The summed E-state index contributed by atoms with van der Waals surface area (Å²) in [5.74, 6) is -1.54. The Kier molecular flexibility index (Phi) is 5.67. The average molecular weight is 480 g/mol. The lowest BCUT2D eigenvalue weighted by Gasteiger charge is -2.21. The maximum Gasteiger partial charge on any atom is 0.416 e. The number of rotatable bonds is 3. The minimum Gasteiger partial charge on any atom is -0.477 e. The predicted molar refractivity (Wildman–Crippen MR) is 101 cm³/mol. The Hall–Kier alpha value is -3.55. The van der Waals surface area contributed by atoms with E-state index in [0.717, 1.165) is 30.5 Å². The maximum atomic E-state index is 13.0. The summed E-state index contributed by atoms with van der Waals surface area (Å²) in [4.78, 5) is 35.6. The van der Waals surface area contributed by atoms with Crippen molar-refractivity contribution in [1.82, 2.24) is 0 Å². The van der Waals surface area contributed by atoms with Gasteiger partial charge in [-0.05, 0) is 24.3 Å². The summed E-state index contributed by atoms with van der Waals surface area (Å²) >= 11 is 0.779. The molecule has 2 amide bonds. The number of alkyl halides is 6. The molecule has 0 aliphatic heterocycles. The quantitative estimate of drug-likeness (QED) is 0.499. The van der Waals surface area contributed by atoms with Crippen LogP contribution in [0.15, 0.2) is 39.5 Å². The zero-order chi connectivity index (χ0) is 24.0. The Morgan fingerprint density at radius 1 is 1.00 bits per heavy atom. The van der Waals surface area contributed by atoms with E-state index in [1.54, 1.807) is 0 Å². The summed E-state index contributed by atoms with van der Waals surface area (Å²) in [6.07, 6.45) is -10.2. The fraction of sp³-hybridized carbons (Fsp3) is 0.167. The molecule has 2 heterocycles. The number of thiophene rings is 1. The Bertz CT molecular complexity index is 1250. The number of nitrogens with zero attached hydrogens (tertiary/aromatic N) is 1. The number of aromatic carboxylic acids is 1. The summed E-state index contributed by atoms with van der Waals surface area (Å²) < 4.78 is 83.1. The first-order valence-corrected chi connectivity index (χ1v) is 9.13. The fourth-order valence-corrected chi connectivity index (χ4v) is 3.48. The lowest BCUT2D eigenvalue weighted by atomic mass is 10.1. The van der Waals surface area contributed by atoms with Crippen molar-refractivity contribution in [2.24, 2.45) is 0 Å². The highest BCUT2D eigenvalue weighted by Crippen LogP contribution is 2.38. The van der Waals surface area contributed by atoms with E-state index in [0.29, 0.717) is 17.0 Å². The number of urea groups is 1. The van der Waals surface area contributed by atoms with Crippen molar-refractivity contribution < 1.29 is 45.5 Å². The molecule has 0 aliphatic rings. The van der Waals surface area contributed by atoms with Gasteiger partial charge in [0.2, 0.25) is 0 Å². The monoisotopic (exact) mass is 480 g/mol. The molecule has 3 aromatic rings. The molecule has 7 nitrogen and oxygen atoms in total. The van der Waals surface area contributed by atoms with Gasteiger partial charge in [0, 0.05) is 18.8 Å². The van der Waals surface area contributed by atoms with Crippen molar-refractivity contribution in [2.75, 3.05) is 17.3 Å². The number of nitrogens with one attached hydrogen (secondary N) is 1. The Morgan fingerprint density at radius 2 is 1.56 bits per heavy atom. The lowest BCUT2D eigenvalue weighted by molar-refractivity contribution is -0.143. The summed E-state index contributed by atoms with van der Waals surface area (Å²) in [7, 11) is 0.959. The number of hydrogen-bond donors (Lipinski definition) is 2. The second-order valence-corrected chi connectivity index (χ2v) is 7.43. The first-order chi connectivity index (χ1) is 14.7. The summed E-state index contributed by atoms with van der Waals surface area (Å²) in [5, 5.41) is 11.2. The highest BCUT2D eigenvalue weighted by atomic mass is 32.1. The zero-order valence-corrected chi connectivity index (χ0v) is 16.4. The van der Waals surface area contributed by atoms with Gasteiger partial charge in [0.05, 0.1) is 15.8 Å². The van der Waals surface area contributed by atoms with E-state index >= 15 is 0 Å². The Labute approximate surface area is 177 Å². The zero-order valence-electron chi connectivity index (χ0n) is 15.6. The highest BCUT2D eigenvalue weighted by molar-refractivity contribution is 7.22. The van der Waals surface area contributed by atoms with Crippen LogP contribution in [-0.4, -0.2) is 24.2 Å². The predicted octanol–water partition coefficient (Wildman–Crippen LogP) is 5.26. The van der Waals surface area contributed by atoms with E-state index in [1.807, 2.05) is 0 Å². The molecule has 170 valence electrons. The van der Waals surface area contributed by atoms with E-state index in [4.69, 9.17) is 9.52 Å². The number of amides is 2. The number of carboxylic acids is 1. The van der Waals surface area contributed by atoms with E-state index in [2.05, 4.69) is 5.32 Å². The van der Waals surface area contributed by atoms with Gasteiger partial charge in [0.25, 0.3) is 0 Å². The van der Waals surface area contributed by atoms with Crippen molar-refractivity contribution >= 4 is 44.3 Å². The van der Waals surface area contributed by atoms with Gasteiger partial charge >= 0.3 is 30.0 Å². The van der Waals surface area contributed by atoms with Crippen LogP contribution in [0, 0.1) is 0 Å². The molecule has 2 N–H and O–H groups in total. The topological polar surface area (TPSA) is 99.9 Å². The molecule has 3 rings (SSSR count). The fourth-order valence-electron chi connectivity index (χ4n) is 2.56. The molecule has 0 atom stereocenters. The van der Waals surface area contributed by atoms with Crippen LogP contribution in [0.5, 0.6) is 0 Å². The number of benzene rings is 1. The smallest absolute Gasteiger partial charge is 0.416 e. The largest absolute Gasteiger partial charge is 0.477 e. The molecule has 0 fully saturated rings. The summed E-state index contributed by atoms with van der Waals surface area (Å²) in [5.41, 5.74) is -5.72. The summed E-state index contributed by atoms with van der Waals surface area (Å²) in [6.45, 7) is 0. The van der Waals surface area contributed by atoms with Gasteiger partial charge in [-0.25, -0.2) is 14.4 Å². The molecule has 0 saturated carbocycles. The van der Waals surface area contributed by atoms with Crippen LogP contribution in [-0.2, 0) is 12.4 Å². The Balaban J connectivity index is 1.93. The van der Waals surface area contributed by atoms with Gasteiger partial charge < -0.3 is 9.52 Å². The van der Waals surface area contributed by atoms with Crippen LogP contribution in [0.1, 0.15) is 21.5 Å². The van der Waals surface area contributed by atoms with E-state index in [9.17, 15) is 40.7 Å². The van der Waals surface area contributed by atoms with Crippen molar-refractivity contribution in [3.8, 4) is 0 Å². The molecular weight excluding hydrogens is 470 g/mol. The third-order valence-electron chi connectivity index (χ3n) is 4.15. The molecule has 0 bridgehead atoms. The molecule has 2 aromatic heterocycles. The average Bonchev–Trinajstić information content (AvgIpc) is 3.05. The second kappa shape index (κ2) is 7.85. The van der Waals surface area contributed by atoms with Crippen LogP contribution in [0.4, 0.5) is 41.8 Å². The highest BCUT2D eigenvalue weighted by Gasteiger charge is 2.37. The van der Waals surface area contributed by atoms with Gasteiger partial charge in [-0.15, -0.1) is 11.3 Å². The Morgan fingerprint density at radius 3 is 2.06 bits per heavy atom. The third-order valence-corrected chi connectivity index (χ3v) is 5.13. The molecule has 0 aliphatic carbocycles. The molecule has 14 heteroatoms. The minimum atomic E-state index is -5.09. The van der Waals surface area contributed by atoms with E-state index in [-0.39, 0.29) is 21.4 Å². The lowest BCUT2D eigenvalue weighted by Crippen LogP contribution is -2.31. The number of carboxylic acid groups (broad SMARTS) is 1. The number of carbonyl (C=O) groups excluding carboxylic acids is 1. The SMILES string of the molecule is CN(C(=O)Nc1cc2oc(=O)c(C(=O)O)cc2s1)c1cc(C(F)(F)F)cc(C(F)(F)F)c1. The number of halogens is 6.